The number of hydrogen-bond donors (Lipinski definition) is 2. The van der Waals surface area contributed by atoms with Crippen LogP contribution in [0.4, 0.5) is 0 Å². The van der Waals surface area contributed by atoms with Crippen molar-refractivity contribution < 1.29 is 19.4 Å². The molecule has 0 saturated heterocycles. The Hall–Kier alpha value is -2.79. The lowest BCUT2D eigenvalue weighted by molar-refractivity contribution is -0.0411. The van der Waals surface area contributed by atoms with E-state index in [1.54, 1.807) is 6.07 Å². The van der Waals surface area contributed by atoms with E-state index in [1.807, 2.05) is 32.0 Å². The van der Waals surface area contributed by atoms with Crippen molar-refractivity contribution >= 4 is 11.0 Å². The molecule has 1 aliphatic rings. The van der Waals surface area contributed by atoms with Gasteiger partial charge in [-0.1, -0.05) is 6.07 Å². The first-order chi connectivity index (χ1) is 11.8. The molecule has 5 nitrogen and oxygen atoms in total. The summed E-state index contributed by atoms with van der Waals surface area (Å²) in [6.07, 6.45) is 1.24. The van der Waals surface area contributed by atoms with Crippen LogP contribution in [0, 0.1) is 0 Å². The van der Waals surface area contributed by atoms with Gasteiger partial charge < -0.3 is 19.4 Å². The number of rotatable bonds is 1. The molecule has 2 heterocycles. The molecule has 0 spiro atoms. The van der Waals surface area contributed by atoms with Crippen LogP contribution in [0.15, 0.2) is 51.9 Å². The third kappa shape index (κ3) is 2.57. The Labute approximate surface area is 144 Å². The summed E-state index contributed by atoms with van der Waals surface area (Å²) in [6.45, 7) is 3.70. The normalized spacial score (nSPS) is 18.6. The molecule has 4 rings (SSSR count). The lowest BCUT2D eigenvalue weighted by Gasteiger charge is -2.37. The molecule has 25 heavy (non-hydrogen) atoms. The zero-order valence-corrected chi connectivity index (χ0v) is 13.9. The first-order valence-electron chi connectivity index (χ1n) is 8.10. The topological polar surface area (TPSA) is 79.9 Å². The van der Waals surface area contributed by atoms with E-state index in [4.69, 9.17) is 9.15 Å². The molecule has 0 bridgehead atoms. The van der Waals surface area contributed by atoms with Crippen LogP contribution in [-0.2, 0) is 6.42 Å². The zero-order valence-electron chi connectivity index (χ0n) is 13.9. The molecule has 0 saturated carbocycles. The van der Waals surface area contributed by atoms with Gasteiger partial charge in [0.25, 0.3) is 0 Å². The average molecular weight is 338 g/mol. The number of benzene rings is 2. The van der Waals surface area contributed by atoms with Gasteiger partial charge in [-0.25, -0.2) is 0 Å². The van der Waals surface area contributed by atoms with Crippen molar-refractivity contribution in [2.75, 3.05) is 0 Å². The van der Waals surface area contributed by atoms with E-state index in [1.165, 1.54) is 18.4 Å². The molecule has 2 aromatic carbocycles. The lowest BCUT2D eigenvalue weighted by Crippen LogP contribution is -2.46. The molecule has 5 heteroatoms. The second-order valence-electron chi connectivity index (χ2n) is 6.91. The Balaban J connectivity index is 1.83. The molecule has 0 unspecified atom stereocenters. The van der Waals surface area contributed by atoms with E-state index < -0.39 is 11.7 Å². The van der Waals surface area contributed by atoms with Gasteiger partial charge in [-0.05, 0) is 49.2 Å². The zero-order chi connectivity index (χ0) is 17.8. The van der Waals surface area contributed by atoms with Gasteiger partial charge in [-0.15, -0.1) is 0 Å². The summed E-state index contributed by atoms with van der Waals surface area (Å²) >= 11 is 0. The van der Waals surface area contributed by atoms with Gasteiger partial charge in [-0.3, -0.25) is 4.79 Å². The van der Waals surface area contributed by atoms with Crippen molar-refractivity contribution in [3.63, 3.8) is 0 Å². The quantitative estimate of drug-likeness (QED) is 0.712. The fourth-order valence-electron chi connectivity index (χ4n) is 3.13. The molecule has 0 fully saturated rings. The van der Waals surface area contributed by atoms with Crippen LogP contribution in [0.1, 0.15) is 19.4 Å². The highest BCUT2D eigenvalue weighted by Gasteiger charge is 2.35. The molecule has 0 aliphatic carbocycles. The number of hydrogen-bond acceptors (Lipinski definition) is 5. The van der Waals surface area contributed by atoms with Crippen molar-refractivity contribution in [2.24, 2.45) is 0 Å². The third-order valence-electron chi connectivity index (χ3n) is 4.72. The third-order valence-corrected chi connectivity index (χ3v) is 4.72. The minimum atomic E-state index is -0.640. The molecule has 1 aromatic heterocycles. The summed E-state index contributed by atoms with van der Waals surface area (Å²) in [5.41, 5.74) is 1.53. The summed E-state index contributed by atoms with van der Waals surface area (Å²) in [5, 5.41) is 20.2. The number of aliphatic hydroxyl groups excluding tert-OH is 1. The predicted molar refractivity (Wildman–Crippen MR) is 94.0 cm³/mol. The Bertz CT molecular complexity index is 1030. The SMILES string of the molecule is CC1(C)Oc2ccc(-c3coc4cc(O)ccc4c3=O)cc2C[C@H]1O. The van der Waals surface area contributed by atoms with Gasteiger partial charge >= 0.3 is 0 Å². The fourth-order valence-corrected chi connectivity index (χ4v) is 3.13. The number of ether oxygens (including phenoxy) is 1. The van der Waals surface area contributed by atoms with Crippen LogP contribution in [0.5, 0.6) is 11.5 Å². The summed E-state index contributed by atoms with van der Waals surface area (Å²) < 4.78 is 11.4. The van der Waals surface area contributed by atoms with E-state index in [0.29, 0.717) is 34.3 Å². The van der Waals surface area contributed by atoms with Gasteiger partial charge in [0.05, 0.1) is 17.1 Å². The van der Waals surface area contributed by atoms with Crippen LogP contribution in [0.3, 0.4) is 0 Å². The number of aliphatic hydroxyl groups is 1. The predicted octanol–water partition coefficient (Wildman–Crippen LogP) is 3.24. The summed E-state index contributed by atoms with van der Waals surface area (Å²) in [5.74, 6) is 0.764. The first-order valence-corrected chi connectivity index (χ1v) is 8.10. The number of aromatic hydroxyl groups is 1. The maximum atomic E-state index is 12.8. The molecular formula is C20H18O5. The molecule has 2 N–H and O–H groups in total. The van der Waals surface area contributed by atoms with Crippen molar-refractivity contribution in [3.8, 4) is 22.6 Å². The van der Waals surface area contributed by atoms with Crippen LogP contribution >= 0.6 is 0 Å². The summed E-state index contributed by atoms with van der Waals surface area (Å²) in [4.78, 5) is 12.8. The van der Waals surface area contributed by atoms with E-state index in [0.717, 1.165) is 5.56 Å². The summed E-state index contributed by atoms with van der Waals surface area (Å²) in [6, 6.07) is 9.91. The van der Waals surface area contributed by atoms with E-state index >= 15 is 0 Å². The minimum Gasteiger partial charge on any atom is -0.508 e. The number of phenolic OH excluding ortho intramolecular Hbond substituents is 1. The molecule has 3 aromatic rings. The Morgan fingerprint density at radius 1 is 1.16 bits per heavy atom. The number of fused-ring (bicyclic) bond motifs is 2. The Kier molecular flexibility index (Phi) is 3.37. The minimum absolute atomic E-state index is 0.0472. The van der Waals surface area contributed by atoms with Gasteiger partial charge in [0.2, 0.25) is 0 Å². The Morgan fingerprint density at radius 2 is 1.96 bits per heavy atom. The smallest absolute Gasteiger partial charge is 0.200 e. The maximum absolute atomic E-state index is 12.8. The molecular weight excluding hydrogens is 320 g/mol. The van der Waals surface area contributed by atoms with E-state index in [2.05, 4.69) is 0 Å². The summed E-state index contributed by atoms with van der Waals surface area (Å²) in [7, 11) is 0. The average Bonchev–Trinajstić information content (AvgIpc) is 2.55. The highest BCUT2D eigenvalue weighted by atomic mass is 16.5. The van der Waals surface area contributed by atoms with Crippen molar-refractivity contribution in [2.45, 2.75) is 32.0 Å². The number of phenols is 1. The van der Waals surface area contributed by atoms with Crippen molar-refractivity contribution in [3.05, 3.63) is 58.4 Å². The van der Waals surface area contributed by atoms with Crippen LogP contribution in [-0.4, -0.2) is 21.9 Å². The van der Waals surface area contributed by atoms with Crippen LogP contribution < -0.4 is 10.2 Å². The Morgan fingerprint density at radius 3 is 2.76 bits per heavy atom. The van der Waals surface area contributed by atoms with E-state index in [9.17, 15) is 15.0 Å². The van der Waals surface area contributed by atoms with Crippen molar-refractivity contribution in [1.82, 2.24) is 0 Å². The second-order valence-corrected chi connectivity index (χ2v) is 6.91. The monoisotopic (exact) mass is 338 g/mol. The second kappa shape index (κ2) is 5.36. The van der Waals surface area contributed by atoms with Gasteiger partial charge in [-0.2, -0.15) is 0 Å². The molecule has 0 radical (unpaired) electrons. The van der Waals surface area contributed by atoms with Gasteiger partial charge in [0.1, 0.15) is 28.9 Å². The molecule has 1 aliphatic heterocycles. The largest absolute Gasteiger partial charge is 0.508 e. The van der Waals surface area contributed by atoms with Gasteiger partial charge in [0.15, 0.2) is 5.43 Å². The highest BCUT2D eigenvalue weighted by molar-refractivity contribution is 5.82. The lowest BCUT2D eigenvalue weighted by atomic mass is 9.89. The molecule has 1 atom stereocenters. The highest BCUT2D eigenvalue weighted by Crippen LogP contribution is 2.35. The maximum Gasteiger partial charge on any atom is 0.200 e. The van der Waals surface area contributed by atoms with E-state index in [-0.39, 0.29) is 11.2 Å². The van der Waals surface area contributed by atoms with Gasteiger partial charge in [0, 0.05) is 12.5 Å². The van der Waals surface area contributed by atoms with Crippen LogP contribution in [0.25, 0.3) is 22.1 Å². The fraction of sp³-hybridized carbons (Fsp3) is 0.250. The van der Waals surface area contributed by atoms with Crippen LogP contribution in [0.2, 0.25) is 0 Å². The first kappa shape index (κ1) is 15.7. The molecule has 0 amide bonds. The molecule has 128 valence electrons. The standard InChI is InChI=1S/C20H18O5/c1-20(2)18(22)8-12-7-11(3-6-16(12)25-20)15-10-24-17-9-13(21)4-5-14(17)19(15)23/h3-7,9-10,18,21-22H,8H2,1-2H3/t18-/m1/s1. The van der Waals surface area contributed by atoms with Crippen molar-refractivity contribution in [1.29, 1.82) is 0 Å².